The molecule has 6 nitrogen and oxygen atoms in total. The van der Waals surface area contributed by atoms with Gasteiger partial charge in [-0.1, -0.05) is 44.2 Å². The Balaban J connectivity index is 2.04. The maximum Gasteiger partial charge on any atom is 0.245 e. The Morgan fingerprint density at radius 2 is 1.92 bits per heavy atom. The summed E-state index contributed by atoms with van der Waals surface area (Å²) in [5, 5.41) is 10.0. The molecule has 0 saturated carbocycles. The van der Waals surface area contributed by atoms with E-state index in [0.717, 1.165) is 17.0 Å². The second kappa shape index (κ2) is 8.46. The minimum absolute atomic E-state index is 0.0974. The molecule has 1 atom stereocenters. The van der Waals surface area contributed by atoms with Crippen LogP contribution in [-0.2, 0) is 16.1 Å². The Morgan fingerprint density at radius 1 is 1.24 bits per heavy atom. The first-order chi connectivity index (χ1) is 11.9. The van der Waals surface area contributed by atoms with E-state index in [1.165, 1.54) is 6.92 Å². The summed E-state index contributed by atoms with van der Waals surface area (Å²) in [7, 11) is 1.74. The number of amides is 2. The normalized spacial score (nSPS) is 12.0. The number of aromatic amines is 1. The van der Waals surface area contributed by atoms with Crippen LogP contribution in [0.1, 0.15) is 32.9 Å². The molecule has 2 aromatic rings. The van der Waals surface area contributed by atoms with Crippen molar-refractivity contribution in [3.63, 3.8) is 0 Å². The van der Waals surface area contributed by atoms with E-state index in [1.807, 2.05) is 50.2 Å². The van der Waals surface area contributed by atoms with Crippen LogP contribution >= 0.6 is 0 Å². The van der Waals surface area contributed by atoms with Gasteiger partial charge in [0.05, 0.1) is 17.9 Å². The van der Waals surface area contributed by atoms with E-state index in [2.05, 4.69) is 15.5 Å². The SMILES string of the molecule is CC(=O)N[C@@H](CC(C)C)C(=O)N(C)Cc1cc(-c2ccccc2)n[nH]1. The van der Waals surface area contributed by atoms with Crippen molar-refractivity contribution in [2.45, 2.75) is 39.8 Å². The molecule has 134 valence electrons. The average molecular weight is 342 g/mol. The van der Waals surface area contributed by atoms with Gasteiger partial charge in [-0.15, -0.1) is 0 Å². The van der Waals surface area contributed by atoms with Crippen LogP contribution in [-0.4, -0.2) is 40.0 Å². The van der Waals surface area contributed by atoms with E-state index >= 15 is 0 Å². The highest BCUT2D eigenvalue weighted by atomic mass is 16.2. The van der Waals surface area contributed by atoms with Crippen molar-refractivity contribution >= 4 is 11.8 Å². The quantitative estimate of drug-likeness (QED) is 0.812. The summed E-state index contributed by atoms with van der Waals surface area (Å²) in [5.41, 5.74) is 2.72. The highest BCUT2D eigenvalue weighted by Gasteiger charge is 2.24. The zero-order valence-electron chi connectivity index (χ0n) is 15.2. The summed E-state index contributed by atoms with van der Waals surface area (Å²) in [5.74, 6) is 0.0195. The van der Waals surface area contributed by atoms with Gasteiger partial charge in [-0.3, -0.25) is 14.7 Å². The Hall–Kier alpha value is -2.63. The van der Waals surface area contributed by atoms with Gasteiger partial charge in [-0.05, 0) is 18.4 Å². The molecule has 0 spiro atoms. The molecule has 0 bridgehead atoms. The van der Waals surface area contributed by atoms with Crippen LogP contribution in [0.2, 0.25) is 0 Å². The summed E-state index contributed by atoms with van der Waals surface area (Å²) in [6.07, 6.45) is 0.612. The van der Waals surface area contributed by atoms with Gasteiger partial charge < -0.3 is 10.2 Å². The number of nitrogens with zero attached hydrogens (tertiary/aromatic N) is 2. The Kier molecular flexibility index (Phi) is 6.33. The smallest absolute Gasteiger partial charge is 0.245 e. The molecule has 0 aliphatic heterocycles. The molecule has 0 saturated heterocycles. The summed E-state index contributed by atoms with van der Waals surface area (Å²) < 4.78 is 0. The fourth-order valence-electron chi connectivity index (χ4n) is 2.74. The largest absolute Gasteiger partial charge is 0.345 e. The van der Waals surface area contributed by atoms with Crippen molar-refractivity contribution in [1.82, 2.24) is 20.4 Å². The van der Waals surface area contributed by atoms with Crippen LogP contribution in [0.25, 0.3) is 11.3 Å². The first-order valence-corrected chi connectivity index (χ1v) is 8.48. The van der Waals surface area contributed by atoms with E-state index in [0.29, 0.717) is 18.9 Å². The Bertz CT molecular complexity index is 709. The van der Waals surface area contributed by atoms with Crippen molar-refractivity contribution in [2.75, 3.05) is 7.05 Å². The van der Waals surface area contributed by atoms with Crippen LogP contribution in [0.15, 0.2) is 36.4 Å². The van der Waals surface area contributed by atoms with E-state index in [9.17, 15) is 9.59 Å². The third kappa shape index (κ3) is 5.45. The number of likely N-dealkylation sites (N-methyl/N-ethyl adjacent to an activating group) is 1. The molecular weight excluding hydrogens is 316 g/mol. The van der Waals surface area contributed by atoms with Crippen molar-refractivity contribution in [1.29, 1.82) is 0 Å². The fraction of sp³-hybridized carbons (Fsp3) is 0.421. The zero-order valence-corrected chi connectivity index (χ0v) is 15.2. The number of carbonyl (C=O) groups is 2. The van der Waals surface area contributed by atoms with Gasteiger partial charge >= 0.3 is 0 Å². The number of carbonyl (C=O) groups excluding carboxylic acids is 2. The van der Waals surface area contributed by atoms with Gasteiger partial charge in [-0.2, -0.15) is 5.10 Å². The molecular formula is C19H26N4O2. The highest BCUT2D eigenvalue weighted by molar-refractivity contribution is 5.86. The van der Waals surface area contributed by atoms with Gasteiger partial charge in [0, 0.05) is 19.5 Å². The van der Waals surface area contributed by atoms with E-state index in [1.54, 1.807) is 11.9 Å². The van der Waals surface area contributed by atoms with Crippen LogP contribution in [0.5, 0.6) is 0 Å². The molecule has 1 heterocycles. The van der Waals surface area contributed by atoms with Crippen LogP contribution in [0.3, 0.4) is 0 Å². The number of hydrogen-bond acceptors (Lipinski definition) is 3. The molecule has 0 unspecified atom stereocenters. The number of nitrogens with one attached hydrogen (secondary N) is 2. The number of rotatable bonds is 7. The summed E-state index contributed by atoms with van der Waals surface area (Å²) in [6.45, 7) is 5.90. The van der Waals surface area contributed by atoms with E-state index in [-0.39, 0.29) is 11.8 Å². The third-order valence-corrected chi connectivity index (χ3v) is 3.87. The standard InChI is InChI=1S/C19H26N4O2/c1-13(2)10-18(20-14(3)24)19(25)23(4)12-16-11-17(22-21-16)15-8-6-5-7-9-15/h5-9,11,13,18H,10,12H2,1-4H3,(H,20,24)(H,21,22)/t18-/m0/s1. The topological polar surface area (TPSA) is 78.1 Å². The third-order valence-electron chi connectivity index (χ3n) is 3.87. The maximum atomic E-state index is 12.7. The van der Waals surface area contributed by atoms with Crippen molar-refractivity contribution in [3.05, 3.63) is 42.1 Å². The monoisotopic (exact) mass is 342 g/mol. The molecule has 0 aliphatic rings. The second-order valence-electron chi connectivity index (χ2n) is 6.72. The van der Waals surface area contributed by atoms with Gasteiger partial charge in [0.2, 0.25) is 11.8 Å². The average Bonchev–Trinajstić information content (AvgIpc) is 3.02. The van der Waals surface area contributed by atoms with Crippen LogP contribution in [0, 0.1) is 5.92 Å². The summed E-state index contributed by atoms with van der Waals surface area (Å²) in [4.78, 5) is 25.7. The second-order valence-corrected chi connectivity index (χ2v) is 6.72. The molecule has 1 aromatic heterocycles. The van der Waals surface area contributed by atoms with Crippen LogP contribution < -0.4 is 5.32 Å². The first-order valence-electron chi connectivity index (χ1n) is 8.48. The summed E-state index contributed by atoms with van der Waals surface area (Å²) in [6, 6.07) is 11.3. The summed E-state index contributed by atoms with van der Waals surface area (Å²) >= 11 is 0. The predicted octanol–water partition coefficient (Wildman–Crippen LogP) is 2.59. The van der Waals surface area contributed by atoms with E-state index < -0.39 is 6.04 Å². The lowest BCUT2D eigenvalue weighted by Gasteiger charge is -2.25. The van der Waals surface area contributed by atoms with Crippen molar-refractivity contribution in [2.24, 2.45) is 5.92 Å². The molecule has 25 heavy (non-hydrogen) atoms. The molecule has 2 amide bonds. The molecule has 2 rings (SSSR count). The number of benzene rings is 1. The molecule has 0 aliphatic carbocycles. The number of H-pyrrole nitrogens is 1. The van der Waals surface area contributed by atoms with Crippen LogP contribution in [0.4, 0.5) is 0 Å². The van der Waals surface area contributed by atoms with Crippen molar-refractivity contribution in [3.8, 4) is 11.3 Å². The highest BCUT2D eigenvalue weighted by Crippen LogP contribution is 2.18. The fourth-order valence-corrected chi connectivity index (χ4v) is 2.74. The predicted molar refractivity (Wildman–Crippen MR) is 97.6 cm³/mol. The van der Waals surface area contributed by atoms with Gasteiger partial charge in [0.15, 0.2) is 0 Å². The lowest BCUT2D eigenvalue weighted by atomic mass is 10.0. The van der Waals surface area contributed by atoms with E-state index in [4.69, 9.17) is 0 Å². The number of hydrogen-bond donors (Lipinski definition) is 2. The Morgan fingerprint density at radius 3 is 2.52 bits per heavy atom. The first kappa shape index (κ1) is 18.7. The lowest BCUT2D eigenvalue weighted by molar-refractivity contribution is -0.135. The molecule has 2 N–H and O–H groups in total. The lowest BCUT2D eigenvalue weighted by Crippen LogP contribution is -2.47. The molecule has 1 aromatic carbocycles. The minimum atomic E-state index is -0.501. The van der Waals surface area contributed by atoms with Gasteiger partial charge in [0.1, 0.15) is 6.04 Å². The number of aromatic nitrogens is 2. The Labute approximate surface area is 148 Å². The van der Waals surface area contributed by atoms with Gasteiger partial charge in [0.25, 0.3) is 0 Å². The molecule has 6 heteroatoms. The molecule has 0 fully saturated rings. The van der Waals surface area contributed by atoms with Crippen molar-refractivity contribution < 1.29 is 9.59 Å². The molecule has 0 radical (unpaired) electrons. The van der Waals surface area contributed by atoms with Gasteiger partial charge in [-0.25, -0.2) is 0 Å². The maximum absolute atomic E-state index is 12.7. The zero-order chi connectivity index (χ0) is 18.4. The minimum Gasteiger partial charge on any atom is -0.345 e.